The Bertz CT molecular complexity index is 647. The van der Waals surface area contributed by atoms with Gasteiger partial charge in [0.25, 0.3) is 5.91 Å². The van der Waals surface area contributed by atoms with Gasteiger partial charge < -0.3 is 15.6 Å². The van der Waals surface area contributed by atoms with Gasteiger partial charge in [0.1, 0.15) is 5.84 Å². The number of H-pyrrole nitrogens is 1. The molecule has 0 aliphatic carbocycles. The molecule has 2 rings (SSSR count). The van der Waals surface area contributed by atoms with Crippen molar-refractivity contribution in [3.8, 4) is 0 Å². The molecule has 8 heteroatoms. The van der Waals surface area contributed by atoms with E-state index in [1.54, 1.807) is 17.9 Å². The molecule has 8 nitrogen and oxygen atoms in total. The van der Waals surface area contributed by atoms with Crippen LogP contribution in [0.3, 0.4) is 0 Å². The van der Waals surface area contributed by atoms with Gasteiger partial charge in [0, 0.05) is 19.1 Å². The number of nitrogens with zero attached hydrogens (tertiary/aromatic N) is 3. The predicted octanol–water partition coefficient (Wildman–Crippen LogP) is 2.06. The van der Waals surface area contributed by atoms with Gasteiger partial charge in [0.05, 0.1) is 11.9 Å². The smallest absolute Gasteiger partial charge is 0.326 e. The van der Waals surface area contributed by atoms with E-state index < -0.39 is 5.91 Å². The SMILES string of the molecule is C/C(=C/C(=N)N1CCN(C(C)C)C1=O)c1cnc(C(N)=O)[nH]1.CC. The van der Waals surface area contributed by atoms with Gasteiger partial charge in [0.15, 0.2) is 5.82 Å². The fourth-order valence-corrected chi connectivity index (χ4v) is 2.26. The normalized spacial score (nSPS) is 14.8. The molecule has 0 saturated carbocycles. The second kappa shape index (κ2) is 8.28. The number of amides is 3. The van der Waals surface area contributed by atoms with Crippen molar-refractivity contribution in [1.82, 2.24) is 19.8 Å². The highest BCUT2D eigenvalue weighted by molar-refractivity contribution is 6.06. The number of nitrogens with one attached hydrogen (secondary N) is 2. The van der Waals surface area contributed by atoms with Crippen molar-refractivity contribution in [2.75, 3.05) is 13.1 Å². The molecular formula is C16H26N6O2. The minimum absolute atomic E-state index is 0.0671. The van der Waals surface area contributed by atoms with E-state index in [-0.39, 0.29) is 23.7 Å². The summed E-state index contributed by atoms with van der Waals surface area (Å²) in [5.74, 6) is -0.463. The maximum Gasteiger partial charge on any atom is 0.326 e. The van der Waals surface area contributed by atoms with Gasteiger partial charge in [-0.2, -0.15) is 0 Å². The molecule has 3 amide bonds. The molecule has 4 N–H and O–H groups in total. The monoisotopic (exact) mass is 334 g/mol. The van der Waals surface area contributed by atoms with Crippen molar-refractivity contribution in [3.05, 3.63) is 23.8 Å². The van der Waals surface area contributed by atoms with Crippen LogP contribution in [0, 0.1) is 5.41 Å². The van der Waals surface area contributed by atoms with Crippen molar-refractivity contribution in [3.63, 3.8) is 0 Å². The number of urea groups is 1. The number of aromatic nitrogens is 2. The molecule has 0 radical (unpaired) electrons. The van der Waals surface area contributed by atoms with Crippen LogP contribution in [-0.2, 0) is 0 Å². The van der Waals surface area contributed by atoms with E-state index in [1.807, 2.05) is 27.7 Å². The lowest BCUT2D eigenvalue weighted by molar-refractivity contribution is 0.0991. The number of imidazole rings is 1. The second-order valence-electron chi connectivity index (χ2n) is 5.44. The number of amidine groups is 1. The fraction of sp³-hybridized carbons (Fsp3) is 0.500. The number of aromatic amines is 1. The average Bonchev–Trinajstić information content (AvgIpc) is 3.15. The molecule has 1 aromatic rings. The summed E-state index contributed by atoms with van der Waals surface area (Å²) in [5.41, 5.74) is 6.42. The third-order valence-electron chi connectivity index (χ3n) is 3.54. The van der Waals surface area contributed by atoms with Crippen LogP contribution in [0.15, 0.2) is 12.3 Å². The maximum absolute atomic E-state index is 12.2. The largest absolute Gasteiger partial charge is 0.363 e. The molecule has 2 heterocycles. The van der Waals surface area contributed by atoms with Crippen LogP contribution in [0.2, 0.25) is 0 Å². The number of allylic oxidation sites excluding steroid dienone is 1. The van der Waals surface area contributed by atoms with E-state index in [4.69, 9.17) is 11.1 Å². The Kier molecular flexibility index (Phi) is 6.69. The third-order valence-corrected chi connectivity index (χ3v) is 3.54. The highest BCUT2D eigenvalue weighted by Gasteiger charge is 2.31. The van der Waals surface area contributed by atoms with Gasteiger partial charge in [-0.1, -0.05) is 13.8 Å². The first-order valence-corrected chi connectivity index (χ1v) is 8.01. The number of hydrogen-bond acceptors (Lipinski definition) is 4. The topological polar surface area (TPSA) is 119 Å². The molecular weight excluding hydrogens is 308 g/mol. The summed E-state index contributed by atoms with van der Waals surface area (Å²) in [6, 6.07) is -0.0485. The van der Waals surface area contributed by atoms with Gasteiger partial charge in [0.2, 0.25) is 0 Å². The highest BCUT2D eigenvalue weighted by atomic mass is 16.2. The lowest BCUT2D eigenvalue weighted by atomic mass is 10.2. The van der Waals surface area contributed by atoms with Crippen LogP contribution >= 0.6 is 0 Å². The average molecular weight is 334 g/mol. The molecule has 1 aliphatic rings. The zero-order valence-electron chi connectivity index (χ0n) is 14.9. The molecule has 0 aromatic carbocycles. The Hall–Kier alpha value is -2.64. The Balaban J connectivity index is 0.00000139. The van der Waals surface area contributed by atoms with E-state index in [9.17, 15) is 9.59 Å². The molecule has 0 spiro atoms. The summed E-state index contributed by atoms with van der Waals surface area (Å²) in [7, 11) is 0. The summed E-state index contributed by atoms with van der Waals surface area (Å²) in [6.07, 6.45) is 3.05. The molecule has 1 saturated heterocycles. The first kappa shape index (κ1) is 19.4. The second-order valence-corrected chi connectivity index (χ2v) is 5.44. The van der Waals surface area contributed by atoms with Gasteiger partial charge in [-0.25, -0.2) is 9.78 Å². The number of carbonyl (C=O) groups excluding carboxylic acids is 2. The van der Waals surface area contributed by atoms with Gasteiger partial charge in [-0.05, 0) is 32.4 Å². The minimum atomic E-state index is -0.642. The minimum Gasteiger partial charge on any atom is -0.363 e. The van der Waals surface area contributed by atoms with Crippen LogP contribution in [0.5, 0.6) is 0 Å². The van der Waals surface area contributed by atoms with Crippen molar-refractivity contribution >= 4 is 23.3 Å². The molecule has 24 heavy (non-hydrogen) atoms. The Labute approximate surface area is 142 Å². The third kappa shape index (κ3) is 4.21. The molecule has 1 fully saturated rings. The van der Waals surface area contributed by atoms with Crippen molar-refractivity contribution < 1.29 is 9.59 Å². The molecule has 0 atom stereocenters. The van der Waals surface area contributed by atoms with E-state index in [0.29, 0.717) is 24.4 Å². The molecule has 132 valence electrons. The van der Waals surface area contributed by atoms with Crippen molar-refractivity contribution in [2.45, 2.75) is 40.7 Å². The zero-order valence-corrected chi connectivity index (χ0v) is 14.9. The summed E-state index contributed by atoms with van der Waals surface area (Å²) in [4.78, 5) is 33.0. The van der Waals surface area contributed by atoms with Gasteiger partial charge in [-0.3, -0.25) is 15.1 Å². The highest BCUT2D eigenvalue weighted by Crippen LogP contribution is 2.16. The number of hydrogen-bond donors (Lipinski definition) is 3. The zero-order chi connectivity index (χ0) is 18.4. The standard InChI is InChI=1S/C14H20N6O2.C2H6/c1-8(2)19-4-5-20(14(19)22)11(15)6-9(3)10-7-17-13(18-10)12(16)21;1-2/h6-8,15H,4-5H2,1-3H3,(H2,16,21)(H,17,18);1-2H3/b9-6-,15-11?;. The number of carbonyl (C=O) groups is 2. The van der Waals surface area contributed by atoms with Crippen LogP contribution in [-0.4, -0.2) is 56.7 Å². The van der Waals surface area contributed by atoms with Gasteiger partial charge in [-0.15, -0.1) is 0 Å². The van der Waals surface area contributed by atoms with E-state index >= 15 is 0 Å². The number of primary amides is 1. The van der Waals surface area contributed by atoms with Gasteiger partial charge >= 0.3 is 6.03 Å². The number of nitrogens with two attached hydrogens (primary N) is 1. The Morgan fingerprint density at radius 1 is 1.42 bits per heavy atom. The summed E-state index contributed by atoms with van der Waals surface area (Å²) in [6.45, 7) is 10.8. The first-order chi connectivity index (χ1) is 11.3. The van der Waals surface area contributed by atoms with E-state index in [1.165, 1.54) is 11.1 Å². The summed E-state index contributed by atoms with van der Waals surface area (Å²) < 4.78 is 0. The number of rotatable bonds is 4. The lowest BCUT2D eigenvalue weighted by Gasteiger charge is -2.21. The van der Waals surface area contributed by atoms with E-state index in [2.05, 4.69) is 9.97 Å². The fourth-order valence-electron chi connectivity index (χ4n) is 2.26. The molecule has 1 aliphatic heterocycles. The van der Waals surface area contributed by atoms with Crippen LogP contribution in [0.1, 0.15) is 50.9 Å². The van der Waals surface area contributed by atoms with Crippen LogP contribution in [0.4, 0.5) is 4.79 Å². The first-order valence-electron chi connectivity index (χ1n) is 8.01. The predicted molar refractivity (Wildman–Crippen MR) is 93.8 cm³/mol. The van der Waals surface area contributed by atoms with Crippen LogP contribution < -0.4 is 5.73 Å². The molecule has 0 unspecified atom stereocenters. The molecule has 1 aromatic heterocycles. The van der Waals surface area contributed by atoms with E-state index in [0.717, 1.165) is 0 Å². The Morgan fingerprint density at radius 3 is 2.50 bits per heavy atom. The van der Waals surface area contributed by atoms with Crippen molar-refractivity contribution in [2.24, 2.45) is 5.73 Å². The maximum atomic E-state index is 12.2. The van der Waals surface area contributed by atoms with Crippen LogP contribution in [0.25, 0.3) is 5.57 Å². The molecule has 0 bridgehead atoms. The lowest BCUT2D eigenvalue weighted by Crippen LogP contribution is -2.38. The quantitative estimate of drug-likeness (QED) is 0.577. The van der Waals surface area contributed by atoms with Crippen molar-refractivity contribution in [1.29, 1.82) is 5.41 Å². The summed E-state index contributed by atoms with van der Waals surface area (Å²) >= 11 is 0. The Morgan fingerprint density at radius 2 is 2.04 bits per heavy atom. The summed E-state index contributed by atoms with van der Waals surface area (Å²) in [5, 5.41) is 8.09.